The molecule has 0 saturated carbocycles. The van der Waals surface area contributed by atoms with Gasteiger partial charge in [-0.1, -0.05) is 32.3 Å². The summed E-state index contributed by atoms with van der Waals surface area (Å²) in [6, 6.07) is 0. The zero-order chi connectivity index (χ0) is 9.52. The molecule has 1 aliphatic heterocycles. The zero-order valence-corrected chi connectivity index (χ0v) is 8.80. The van der Waals surface area contributed by atoms with Crippen LogP contribution in [0, 0.1) is 0 Å². The van der Waals surface area contributed by atoms with Gasteiger partial charge in [-0.25, -0.2) is 0 Å². The van der Waals surface area contributed by atoms with Crippen LogP contribution >= 0.6 is 0 Å². The Bertz CT molecular complexity index is 142. The normalized spacial score (nSPS) is 25.9. The molecule has 0 aromatic carbocycles. The maximum absolute atomic E-state index is 5.58. The molecule has 0 aromatic heterocycles. The number of allylic oxidation sites excluding steroid dienone is 1. The first-order valence-electron chi connectivity index (χ1n) is 5.64. The third-order valence-electron chi connectivity index (χ3n) is 2.68. The molecule has 1 nitrogen and oxygen atoms in total. The summed E-state index contributed by atoms with van der Waals surface area (Å²) < 4.78 is 5.58. The Labute approximate surface area is 82.2 Å². The molecule has 1 fully saturated rings. The molecule has 2 atom stereocenters. The van der Waals surface area contributed by atoms with Crippen LogP contribution in [0.5, 0.6) is 0 Å². The summed E-state index contributed by atoms with van der Waals surface area (Å²) in [6.07, 6.45) is 12.1. The Morgan fingerprint density at radius 1 is 1.15 bits per heavy atom. The minimum Gasteiger partial charge on any atom is -0.370 e. The van der Waals surface area contributed by atoms with Gasteiger partial charge >= 0.3 is 0 Å². The molecule has 13 heavy (non-hydrogen) atoms. The molecule has 0 radical (unpaired) electrons. The number of epoxide rings is 1. The average molecular weight is 182 g/mol. The van der Waals surface area contributed by atoms with Crippen LogP contribution in [0.15, 0.2) is 12.7 Å². The minimum absolute atomic E-state index is 0.594. The van der Waals surface area contributed by atoms with Gasteiger partial charge in [0.05, 0.1) is 12.2 Å². The molecule has 0 spiro atoms. The maximum atomic E-state index is 5.58. The summed E-state index contributed by atoms with van der Waals surface area (Å²) in [5, 5.41) is 0. The van der Waals surface area contributed by atoms with Gasteiger partial charge < -0.3 is 4.74 Å². The smallest absolute Gasteiger partial charge is 0.0842 e. The van der Waals surface area contributed by atoms with Crippen molar-refractivity contribution >= 4 is 0 Å². The molecule has 1 aliphatic rings. The van der Waals surface area contributed by atoms with Gasteiger partial charge in [0.15, 0.2) is 0 Å². The van der Waals surface area contributed by atoms with E-state index in [9.17, 15) is 0 Å². The fourth-order valence-corrected chi connectivity index (χ4v) is 1.75. The molecule has 0 bridgehead atoms. The Morgan fingerprint density at radius 2 is 1.85 bits per heavy atom. The summed E-state index contributed by atoms with van der Waals surface area (Å²) >= 11 is 0. The highest BCUT2D eigenvalue weighted by molar-refractivity contribution is 4.85. The van der Waals surface area contributed by atoms with Gasteiger partial charge in [-0.15, -0.1) is 6.58 Å². The van der Waals surface area contributed by atoms with E-state index < -0.39 is 0 Å². The second-order valence-electron chi connectivity index (χ2n) is 3.93. The van der Waals surface area contributed by atoms with E-state index in [0.29, 0.717) is 12.2 Å². The second kappa shape index (κ2) is 6.20. The van der Waals surface area contributed by atoms with Crippen LogP contribution in [0.1, 0.15) is 51.9 Å². The van der Waals surface area contributed by atoms with E-state index in [2.05, 4.69) is 13.5 Å². The van der Waals surface area contributed by atoms with Gasteiger partial charge in [0, 0.05) is 0 Å². The number of rotatable bonds is 8. The summed E-state index contributed by atoms with van der Waals surface area (Å²) in [6.45, 7) is 5.96. The molecule has 1 heterocycles. The van der Waals surface area contributed by atoms with Crippen molar-refractivity contribution in [3.63, 3.8) is 0 Å². The van der Waals surface area contributed by atoms with E-state index in [0.717, 1.165) is 6.42 Å². The van der Waals surface area contributed by atoms with E-state index >= 15 is 0 Å². The lowest BCUT2D eigenvalue weighted by Gasteiger charge is -1.94. The summed E-state index contributed by atoms with van der Waals surface area (Å²) in [4.78, 5) is 0. The highest BCUT2D eigenvalue weighted by Gasteiger charge is 2.36. The lowest BCUT2D eigenvalue weighted by atomic mass is 10.1. The van der Waals surface area contributed by atoms with Crippen LogP contribution in [0.25, 0.3) is 0 Å². The van der Waals surface area contributed by atoms with E-state index in [1.165, 1.54) is 38.5 Å². The van der Waals surface area contributed by atoms with Crippen LogP contribution in [0.3, 0.4) is 0 Å². The number of hydrogen-bond donors (Lipinski definition) is 0. The van der Waals surface area contributed by atoms with E-state index in [1.807, 2.05) is 6.08 Å². The van der Waals surface area contributed by atoms with Gasteiger partial charge in [0.1, 0.15) is 0 Å². The predicted octanol–water partition coefficient (Wildman–Crippen LogP) is 3.69. The Morgan fingerprint density at radius 3 is 2.46 bits per heavy atom. The summed E-state index contributed by atoms with van der Waals surface area (Å²) in [5.41, 5.74) is 0. The fourth-order valence-electron chi connectivity index (χ4n) is 1.75. The highest BCUT2D eigenvalue weighted by Crippen LogP contribution is 2.31. The standard InChI is InChI=1S/C12H22O/c1-3-5-7-9-11-12(13-11)10-8-6-4-2/h3,11-12H,1,4-10H2,2H3. The lowest BCUT2D eigenvalue weighted by Crippen LogP contribution is -1.93. The Hall–Kier alpha value is -0.300. The van der Waals surface area contributed by atoms with Crippen molar-refractivity contribution in [1.29, 1.82) is 0 Å². The van der Waals surface area contributed by atoms with Crippen molar-refractivity contribution in [1.82, 2.24) is 0 Å². The molecule has 76 valence electrons. The van der Waals surface area contributed by atoms with Crippen LogP contribution < -0.4 is 0 Å². The predicted molar refractivity (Wildman–Crippen MR) is 56.9 cm³/mol. The van der Waals surface area contributed by atoms with E-state index in [-0.39, 0.29) is 0 Å². The van der Waals surface area contributed by atoms with Crippen LogP contribution in [-0.4, -0.2) is 12.2 Å². The molecular formula is C12H22O. The van der Waals surface area contributed by atoms with E-state index in [1.54, 1.807) is 0 Å². The second-order valence-corrected chi connectivity index (χ2v) is 3.93. The molecule has 0 aliphatic carbocycles. The van der Waals surface area contributed by atoms with Crippen molar-refractivity contribution in [3.05, 3.63) is 12.7 Å². The molecule has 2 unspecified atom stereocenters. The van der Waals surface area contributed by atoms with Gasteiger partial charge in [0.2, 0.25) is 0 Å². The quantitative estimate of drug-likeness (QED) is 0.317. The molecular weight excluding hydrogens is 160 g/mol. The van der Waals surface area contributed by atoms with Crippen molar-refractivity contribution in [2.75, 3.05) is 0 Å². The molecule has 1 rings (SSSR count). The largest absolute Gasteiger partial charge is 0.370 e. The fraction of sp³-hybridized carbons (Fsp3) is 0.833. The van der Waals surface area contributed by atoms with Gasteiger partial charge in [-0.05, 0) is 25.7 Å². The first kappa shape index (κ1) is 10.8. The monoisotopic (exact) mass is 182 g/mol. The van der Waals surface area contributed by atoms with E-state index in [4.69, 9.17) is 4.74 Å². The average Bonchev–Trinajstić information content (AvgIpc) is 2.85. The van der Waals surface area contributed by atoms with Crippen molar-refractivity contribution < 1.29 is 4.74 Å². The SMILES string of the molecule is C=CCCCC1OC1CCCCC. The molecule has 1 heteroatoms. The van der Waals surface area contributed by atoms with Gasteiger partial charge in [-0.3, -0.25) is 0 Å². The van der Waals surface area contributed by atoms with Crippen molar-refractivity contribution in [2.24, 2.45) is 0 Å². The molecule has 1 saturated heterocycles. The molecule has 0 amide bonds. The molecule has 0 N–H and O–H groups in total. The van der Waals surface area contributed by atoms with Crippen LogP contribution in [0.4, 0.5) is 0 Å². The first-order chi connectivity index (χ1) is 6.38. The van der Waals surface area contributed by atoms with Crippen LogP contribution in [-0.2, 0) is 4.74 Å². The topological polar surface area (TPSA) is 12.5 Å². The summed E-state index contributed by atoms with van der Waals surface area (Å²) in [7, 11) is 0. The third kappa shape index (κ3) is 4.47. The number of hydrogen-bond acceptors (Lipinski definition) is 1. The summed E-state index contributed by atoms with van der Waals surface area (Å²) in [5.74, 6) is 0. The number of ether oxygens (including phenoxy) is 1. The Balaban J connectivity index is 1.87. The maximum Gasteiger partial charge on any atom is 0.0842 e. The minimum atomic E-state index is 0.594. The zero-order valence-electron chi connectivity index (χ0n) is 8.80. The van der Waals surface area contributed by atoms with Gasteiger partial charge in [0.25, 0.3) is 0 Å². The van der Waals surface area contributed by atoms with Crippen LogP contribution in [0.2, 0.25) is 0 Å². The van der Waals surface area contributed by atoms with Gasteiger partial charge in [-0.2, -0.15) is 0 Å². The van der Waals surface area contributed by atoms with Crippen molar-refractivity contribution in [3.8, 4) is 0 Å². The lowest BCUT2D eigenvalue weighted by molar-refractivity contribution is 0.350. The first-order valence-corrected chi connectivity index (χ1v) is 5.64. The Kier molecular flexibility index (Phi) is 5.14. The third-order valence-corrected chi connectivity index (χ3v) is 2.68. The highest BCUT2D eigenvalue weighted by atomic mass is 16.6. The molecule has 0 aromatic rings. The van der Waals surface area contributed by atoms with Crippen molar-refractivity contribution in [2.45, 2.75) is 64.1 Å². The number of unbranched alkanes of at least 4 members (excludes halogenated alkanes) is 3.